The first-order chi connectivity index (χ1) is 9.99. The molecule has 0 saturated carbocycles. The van der Waals surface area contributed by atoms with E-state index in [-0.39, 0.29) is 5.82 Å². The van der Waals surface area contributed by atoms with Crippen LogP contribution in [0.1, 0.15) is 18.4 Å². The largest absolute Gasteiger partial charge is 0.478 e. The maximum atomic E-state index is 14.2. The van der Waals surface area contributed by atoms with Gasteiger partial charge in [-0.3, -0.25) is 0 Å². The Kier molecular flexibility index (Phi) is 4.96. The molecule has 21 heavy (non-hydrogen) atoms. The third-order valence-corrected chi connectivity index (χ3v) is 3.93. The van der Waals surface area contributed by atoms with Crippen molar-refractivity contribution in [2.24, 2.45) is 0 Å². The summed E-state index contributed by atoms with van der Waals surface area (Å²) in [4.78, 5) is 14.9. The Balaban J connectivity index is 2.21. The molecule has 0 bridgehead atoms. The molecule has 114 valence electrons. The van der Waals surface area contributed by atoms with Gasteiger partial charge >= 0.3 is 5.97 Å². The highest BCUT2D eigenvalue weighted by molar-refractivity contribution is 5.87. The van der Waals surface area contributed by atoms with Gasteiger partial charge < -0.3 is 14.9 Å². The lowest BCUT2D eigenvalue weighted by molar-refractivity contribution is -0.131. The number of piperidine rings is 1. The Morgan fingerprint density at radius 3 is 2.62 bits per heavy atom. The van der Waals surface area contributed by atoms with Crippen molar-refractivity contribution in [1.29, 1.82) is 0 Å². The molecule has 1 N–H and O–H groups in total. The van der Waals surface area contributed by atoms with Crippen LogP contribution in [-0.2, 0) is 4.79 Å². The van der Waals surface area contributed by atoms with E-state index >= 15 is 0 Å². The number of rotatable bonds is 4. The Morgan fingerprint density at radius 1 is 1.38 bits per heavy atom. The van der Waals surface area contributed by atoms with Crippen LogP contribution in [-0.4, -0.2) is 49.2 Å². The molecule has 1 heterocycles. The highest BCUT2D eigenvalue weighted by Crippen LogP contribution is 2.29. The zero-order valence-electron chi connectivity index (χ0n) is 12.4. The van der Waals surface area contributed by atoms with E-state index in [4.69, 9.17) is 5.11 Å². The van der Waals surface area contributed by atoms with Gasteiger partial charge in [0.1, 0.15) is 5.82 Å². The van der Waals surface area contributed by atoms with Gasteiger partial charge in [0.05, 0.1) is 5.69 Å². The number of halogens is 1. The minimum Gasteiger partial charge on any atom is -0.478 e. The monoisotopic (exact) mass is 292 g/mol. The van der Waals surface area contributed by atoms with Crippen LogP contribution in [0.4, 0.5) is 10.1 Å². The molecule has 1 aromatic rings. The summed E-state index contributed by atoms with van der Waals surface area (Å²) in [6, 6.07) is 5.29. The second kappa shape index (κ2) is 6.72. The number of nitrogens with zero attached hydrogens (tertiary/aromatic N) is 2. The first kappa shape index (κ1) is 15.5. The zero-order valence-corrected chi connectivity index (χ0v) is 12.4. The van der Waals surface area contributed by atoms with Crippen LogP contribution < -0.4 is 4.90 Å². The molecule has 0 aromatic heterocycles. The topological polar surface area (TPSA) is 43.8 Å². The predicted octanol–water partition coefficient (Wildman–Crippen LogP) is 2.45. The third kappa shape index (κ3) is 3.82. The summed E-state index contributed by atoms with van der Waals surface area (Å²) in [5, 5.41) is 8.74. The smallest absolute Gasteiger partial charge is 0.328 e. The van der Waals surface area contributed by atoms with Crippen molar-refractivity contribution in [3.8, 4) is 0 Å². The van der Waals surface area contributed by atoms with Crippen LogP contribution in [0.15, 0.2) is 24.3 Å². The molecular formula is C16H21FN2O2. The maximum Gasteiger partial charge on any atom is 0.328 e. The van der Waals surface area contributed by atoms with Gasteiger partial charge in [-0.1, -0.05) is 12.1 Å². The Bertz CT molecular complexity index is 535. The lowest BCUT2D eigenvalue weighted by atomic mass is 10.0. The van der Waals surface area contributed by atoms with Gasteiger partial charge in [0.2, 0.25) is 0 Å². The number of para-hydroxylation sites is 1. The lowest BCUT2D eigenvalue weighted by Gasteiger charge is -2.37. The summed E-state index contributed by atoms with van der Waals surface area (Å²) in [5.41, 5.74) is 1.12. The normalized spacial score (nSPS) is 16.9. The molecule has 2 rings (SSSR count). The highest BCUT2D eigenvalue weighted by atomic mass is 19.1. The molecule has 0 atom stereocenters. The molecule has 1 aromatic carbocycles. The van der Waals surface area contributed by atoms with Gasteiger partial charge in [-0.25, -0.2) is 9.18 Å². The van der Waals surface area contributed by atoms with Gasteiger partial charge in [0.25, 0.3) is 0 Å². The molecule has 0 unspecified atom stereocenters. The van der Waals surface area contributed by atoms with Crippen molar-refractivity contribution in [3.63, 3.8) is 0 Å². The second-order valence-electron chi connectivity index (χ2n) is 5.53. The van der Waals surface area contributed by atoms with Crippen molar-refractivity contribution in [2.45, 2.75) is 18.9 Å². The Morgan fingerprint density at radius 2 is 2.05 bits per heavy atom. The molecule has 1 aliphatic rings. The van der Waals surface area contributed by atoms with E-state index < -0.39 is 5.97 Å². The van der Waals surface area contributed by atoms with E-state index in [1.165, 1.54) is 12.1 Å². The van der Waals surface area contributed by atoms with E-state index in [0.717, 1.165) is 32.0 Å². The van der Waals surface area contributed by atoms with Gasteiger partial charge in [-0.05, 0) is 39.1 Å². The standard InChI is InChI=1S/C16H21FN2O2/c1-18(2)13-8-10-19(11-9-13)16-12(6-7-15(20)21)4-3-5-14(16)17/h3-7,13H,8-11H2,1-2H3,(H,20,21)/b7-6+. The van der Waals surface area contributed by atoms with Crippen molar-refractivity contribution in [3.05, 3.63) is 35.7 Å². The fourth-order valence-corrected chi connectivity index (χ4v) is 2.77. The highest BCUT2D eigenvalue weighted by Gasteiger charge is 2.23. The fraction of sp³-hybridized carbons (Fsp3) is 0.438. The van der Waals surface area contributed by atoms with Crippen LogP contribution in [0.25, 0.3) is 6.08 Å². The zero-order chi connectivity index (χ0) is 15.4. The van der Waals surface area contributed by atoms with Crippen LogP contribution in [0.5, 0.6) is 0 Å². The quantitative estimate of drug-likeness (QED) is 0.866. The minimum atomic E-state index is -1.03. The van der Waals surface area contributed by atoms with Gasteiger partial charge in [0.15, 0.2) is 0 Å². The summed E-state index contributed by atoms with van der Waals surface area (Å²) < 4.78 is 14.2. The summed E-state index contributed by atoms with van der Waals surface area (Å²) in [7, 11) is 4.12. The molecule has 1 aliphatic heterocycles. The van der Waals surface area contributed by atoms with E-state index in [9.17, 15) is 9.18 Å². The number of carbonyl (C=O) groups is 1. The third-order valence-electron chi connectivity index (χ3n) is 3.93. The predicted molar refractivity (Wildman–Crippen MR) is 82.0 cm³/mol. The molecule has 0 aliphatic carbocycles. The number of hydrogen-bond donors (Lipinski definition) is 1. The average Bonchev–Trinajstić information content (AvgIpc) is 2.45. The molecule has 0 radical (unpaired) electrons. The maximum absolute atomic E-state index is 14.2. The van der Waals surface area contributed by atoms with Crippen LogP contribution >= 0.6 is 0 Å². The minimum absolute atomic E-state index is 0.300. The van der Waals surface area contributed by atoms with E-state index in [1.807, 2.05) is 4.90 Å². The first-order valence-corrected chi connectivity index (χ1v) is 7.10. The van der Waals surface area contributed by atoms with Crippen LogP contribution in [0.2, 0.25) is 0 Å². The van der Waals surface area contributed by atoms with E-state index in [2.05, 4.69) is 19.0 Å². The average molecular weight is 292 g/mol. The Labute approximate surface area is 124 Å². The van der Waals surface area contributed by atoms with Crippen molar-refractivity contribution < 1.29 is 14.3 Å². The molecular weight excluding hydrogens is 271 g/mol. The van der Waals surface area contributed by atoms with Crippen LogP contribution in [0, 0.1) is 5.82 Å². The number of carboxylic acids is 1. The number of aliphatic carboxylic acids is 1. The number of carboxylic acid groups (broad SMARTS) is 1. The lowest BCUT2D eigenvalue weighted by Crippen LogP contribution is -2.42. The summed E-state index contributed by atoms with van der Waals surface area (Å²) in [5.74, 6) is -1.33. The van der Waals surface area contributed by atoms with Gasteiger partial charge in [-0.2, -0.15) is 0 Å². The SMILES string of the molecule is CN(C)C1CCN(c2c(F)cccc2/C=C/C(=O)O)CC1. The second-order valence-corrected chi connectivity index (χ2v) is 5.53. The van der Waals surface area contributed by atoms with Gasteiger partial charge in [0, 0.05) is 30.8 Å². The number of anilines is 1. The van der Waals surface area contributed by atoms with Crippen LogP contribution in [0.3, 0.4) is 0 Å². The summed E-state index contributed by atoms with van der Waals surface area (Å²) in [6.07, 6.45) is 4.45. The number of hydrogen-bond acceptors (Lipinski definition) is 3. The molecule has 0 spiro atoms. The van der Waals surface area contributed by atoms with Crippen molar-refractivity contribution in [2.75, 3.05) is 32.1 Å². The summed E-state index contributed by atoms with van der Waals surface area (Å²) in [6.45, 7) is 1.55. The molecule has 0 amide bonds. The molecule has 1 saturated heterocycles. The fourth-order valence-electron chi connectivity index (χ4n) is 2.77. The first-order valence-electron chi connectivity index (χ1n) is 7.10. The van der Waals surface area contributed by atoms with E-state index in [0.29, 0.717) is 17.3 Å². The van der Waals surface area contributed by atoms with Crippen molar-refractivity contribution in [1.82, 2.24) is 4.90 Å². The molecule has 1 fully saturated rings. The van der Waals surface area contributed by atoms with Crippen molar-refractivity contribution >= 4 is 17.7 Å². The van der Waals surface area contributed by atoms with E-state index in [1.54, 1.807) is 12.1 Å². The number of benzene rings is 1. The van der Waals surface area contributed by atoms with Gasteiger partial charge in [-0.15, -0.1) is 0 Å². The summed E-state index contributed by atoms with van der Waals surface area (Å²) >= 11 is 0. The Hall–Kier alpha value is -1.88. The molecule has 4 nitrogen and oxygen atoms in total. The molecule has 5 heteroatoms.